The summed E-state index contributed by atoms with van der Waals surface area (Å²) in [5.41, 5.74) is 0.834. The third-order valence-electron chi connectivity index (χ3n) is 6.55. The summed E-state index contributed by atoms with van der Waals surface area (Å²) in [5, 5.41) is -0.176. The number of ether oxygens (including phenoxy) is 1. The van der Waals surface area contributed by atoms with Gasteiger partial charge in [0.15, 0.2) is 0 Å². The molecule has 7 nitrogen and oxygen atoms in total. The van der Waals surface area contributed by atoms with Crippen LogP contribution in [0.3, 0.4) is 0 Å². The van der Waals surface area contributed by atoms with Crippen LogP contribution in [0.1, 0.15) is 47.3 Å². The van der Waals surface area contributed by atoms with Gasteiger partial charge in [0.25, 0.3) is 5.91 Å². The number of aromatic nitrogens is 2. The van der Waals surface area contributed by atoms with Gasteiger partial charge in [-0.1, -0.05) is 24.3 Å². The Morgan fingerprint density at radius 3 is 2.61 bits per heavy atom. The molecule has 36 heavy (non-hydrogen) atoms. The molecule has 5 rings (SSSR count). The van der Waals surface area contributed by atoms with E-state index in [9.17, 15) is 22.0 Å². The largest absolute Gasteiger partial charge is 0.376 e. The Bertz CT molecular complexity index is 1370. The molecule has 1 atom stereocenters. The smallest absolute Gasteiger partial charge is 0.254 e. The second-order valence-corrected chi connectivity index (χ2v) is 11.2. The van der Waals surface area contributed by atoms with Crippen LogP contribution in [0.2, 0.25) is 0 Å². The first kappa shape index (κ1) is 24.6. The maximum Gasteiger partial charge on any atom is 0.254 e. The van der Waals surface area contributed by atoms with E-state index in [-0.39, 0.29) is 47.4 Å². The quantitative estimate of drug-likeness (QED) is 0.428. The Kier molecular flexibility index (Phi) is 6.90. The molecular formula is C26H27F2N3O4S. The molecule has 1 aliphatic carbocycles. The van der Waals surface area contributed by atoms with Crippen molar-refractivity contribution in [3.63, 3.8) is 0 Å². The highest BCUT2D eigenvalue weighted by Gasteiger charge is 2.35. The average Bonchev–Trinajstić information content (AvgIpc) is 3.40. The number of hydrogen-bond donors (Lipinski definition) is 0. The predicted octanol–water partition coefficient (Wildman–Crippen LogP) is 4.12. The van der Waals surface area contributed by atoms with E-state index < -0.39 is 27.2 Å². The van der Waals surface area contributed by atoms with Crippen molar-refractivity contribution in [1.29, 1.82) is 0 Å². The van der Waals surface area contributed by atoms with Gasteiger partial charge in [0.1, 0.15) is 11.6 Å². The van der Waals surface area contributed by atoms with Crippen molar-refractivity contribution in [3.8, 4) is 0 Å². The summed E-state index contributed by atoms with van der Waals surface area (Å²) in [6, 6.07) is 11.3. The zero-order valence-electron chi connectivity index (χ0n) is 19.6. The highest BCUT2D eigenvalue weighted by atomic mass is 32.2. The molecule has 1 saturated carbocycles. The number of nitrogens with zero attached hydrogens (tertiary/aromatic N) is 3. The van der Waals surface area contributed by atoms with E-state index in [1.54, 1.807) is 21.6 Å². The summed E-state index contributed by atoms with van der Waals surface area (Å²) < 4.78 is 62.1. The van der Waals surface area contributed by atoms with Gasteiger partial charge in [0.2, 0.25) is 15.0 Å². The van der Waals surface area contributed by atoms with E-state index in [1.807, 2.05) is 0 Å². The molecule has 1 amide bonds. The molecule has 0 bridgehead atoms. The van der Waals surface area contributed by atoms with E-state index >= 15 is 0 Å². The summed E-state index contributed by atoms with van der Waals surface area (Å²) in [6.07, 6.45) is 4.56. The number of sulfone groups is 1. The fourth-order valence-corrected chi connectivity index (χ4v) is 6.07. The molecule has 0 N–H and O–H groups in total. The first-order chi connectivity index (χ1) is 17.3. The van der Waals surface area contributed by atoms with Crippen molar-refractivity contribution in [3.05, 3.63) is 83.2 Å². The lowest BCUT2D eigenvalue weighted by atomic mass is 10.2. The number of hydrogen-bond acceptors (Lipinski definition) is 5. The van der Waals surface area contributed by atoms with Gasteiger partial charge >= 0.3 is 0 Å². The van der Waals surface area contributed by atoms with Crippen molar-refractivity contribution in [2.24, 2.45) is 0 Å². The van der Waals surface area contributed by atoms with Crippen LogP contribution in [0.25, 0.3) is 0 Å². The van der Waals surface area contributed by atoms with Crippen LogP contribution in [-0.2, 0) is 33.4 Å². The van der Waals surface area contributed by atoms with E-state index in [1.165, 1.54) is 42.6 Å². The molecule has 2 aliphatic rings. The Morgan fingerprint density at radius 2 is 1.92 bits per heavy atom. The van der Waals surface area contributed by atoms with Crippen LogP contribution in [0.5, 0.6) is 0 Å². The first-order valence-corrected chi connectivity index (χ1v) is 13.7. The topological polar surface area (TPSA) is 81.5 Å². The second-order valence-electron chi connectivity index (χ2n) is 9.30. The number of imidazole rings is 1. The Labute approximate surface area is 208 Å². The number of halogens is 2. The van der Waals surface area contributed by atoms with Gasteiger partial charge < -0.3 is 14.2 Å². The molecule has 3 aromatic rings. The molecule has 190 valence electrons. The van der Waals surface area contributed by atoms with Crippen LogP contribution in [0.4, 0.5) is 8.78 Å². The van der Waals surface area contributed by atoms with Crippen molar-refractivity contribution in [1.82, 2.24) is 14.5 Å². The van der Waals surface area contributed by atoms with E-state index in [0.717, 1.165) is 25.7 Å². The zero-order chi connectivity index (χ0) is 25.3. The molecule has 2 heterocycles. The van der Waals surface area contributed by atoms with Gasteiger partial charge in [-0.3, -0.25) is 4.79 Å². The standard InChI is InChI=1S/C26H27F2N3O4S/c27-20-7-3-6-18(13-20)25(32)30(21-10-11-21)15-22-14-29-26(31(22)16-23-8-4-12-35-23)36(33,34)17-19-5-1-2-9-24(19)28/h1-3,5-7,9,13-14,21,23H,4,8,10-12,15-17H2/t23-/m0/s1. The lowest BCUT2D eigenvalue weighted by Crippen LogP contribution is -2.34. The van der Waals surface area contributed by atoms with Gasteiger partial charge in [-0.25, -0.2) is 22.2 Å². The number of carbonyl (C=O) groups excluding carboxylic acids is 1. The lowest BCUT2D eigenvalue weighted by Gasteiger charge is -2.24. The van der Waals surface area contributed by atoms with E-state index in [4.69, 9.17) is 4.74 Å². The van der Waals surface area contributed by atoms with Crippen molar-refractivity contribution in [2.45, 2.75) is 61.8 Å². The molecule has 2 fully saturated rings. The molecular weight excluding hydrogens is 488 g/mol. The third kappa shape index (κ3) is 5.34. The monoisotopic (exact) mass is 515 g/mol. The van der Waals surface area contributed by atoms with Crippen molar-refractivity contribution in [2.75, 3.05) is 6.61 Å². The summed E-state index contributed by atoms with van der Waals surface area (Å²) in [7, 11) is -4.00. The maximum atomic E-state index is 14.2. The Balaban J connectivity index is 1.48. The summed E-state index contributed by atoms with van der Waals surface area (Å²) in [5.74, 6) is -1.95. The molecule has 0 unspecified atom stereocenters. The molecule has 0 spiro atoms. The summed E-state index contributed by atoms with van der Waals surface area (Å²) in [6.45, 7) is 0.973. The second kappa shape index (κ2) is 10.1. The Hall–Kier alpha value is -3.11. The zero-order valence-corrected chi connectivity index (χ0v) is 20.5. The molecule has 0 radical (unpaired) electrons. The fraction of sp³-hybridized carbons (Fsp3) is 0.385. The summed E-state index contributed by atoms with van der Waals surface area (Å²) in [4.78, 5) is 19.1. The average molecular weight is 516 g/mol. The molecule has 1 aliphatic heterocycles. The summed E-state index contributed by atoms with van der Waals surface area (Å²) >= 11 is 0. The Morgan fingerprint density at radius 1 is 1.11 bits per heavy atom. The predicted molar refractivity (Wildman–Crippen MR) is 128 cm³/mol. The van der Waals surface area contributed by atoms with Gasteiger partial charge in [-0.2, -0.15) is 0 Å². The van der Waals surface area contributed by atoms with Crippen LogP contribution < -0.4 is 0 Å². The van der Waals surface area contributed by atoms with E-state index in [0.29, 0.717) is 12.3 Å². The molecule has 1 aromatic heterocycles. The minimum absolute atomic E-state index is 0.00896. The highest BCUT2D eigenvalue weighted by molar-refractivity contribution is 7.90. The van der Waals surface area contributed by atoms with E-state index in [2.05, 4.69) is 4.98 Å². The lowest BCUT2D eigenvalue weighted by molar-refractivity contribution is 0.0717. The maximum absolute atomic E-state index is 14.2. The van der Waals surface area contributed by atoms with Gasteiger partial charge in [0, 0.05) is 23.8 Å². The minimum Gasteiger partial charge on any atom is -0.376 e. The van der Waals surface area contributed by atoms with Crippen LogP contribution >= 0.6 is 0 Å². The molecule has 1 saturated heterocycles. The van der Waals surface area contributed by atoms with Crippen LogP contribution in [-0.4, -0.2) is 47.5 Å². The highest BCUT2D eigenvalue weighted by Crippen LogP contribution is 2.31. The third-order valence-corrected chi connectivity index (χ3v) is 8.12. The van der Waals surface area contributed by atoms with Gasteiger partial charge in [0.05, 0.1) is 36.8 Å². The number of rotatable bonds is 9. The van der Waals surface area contributed by atoms with Crippen molar-refractivity contribution < 1.29 is 26.7 Å². The minimum atomic E-state index is -4.00. The SMILES string of the molecule is O=C(c1cccc(F)c1)N(Cc1cnc(S(=O)(=O)Cc2ccccc2F)n1C[C@@H]1CCCO1)C1CC1. The number of carbonyl (C=O) groups is 1. The molecule has 2 aromatic carbocycles. The molecule has 10 heteroatoms. The van der Waals surface area contributed by atoms with Crippen LogP contribution in [0.15, 0.2) is 59.9 Å². The van der Waals surface area contributed by atoms with Gasteiger partial charge in [-0.15, -0.1) is 0 Å². The number of benzene rings is 2. The van der Waals surface area contributed by atoms with Crippen molar-refractivity contribution >= 4 is 15.7 Å². The fourth-order valence-electron chi connectivity index (χ4n) is 4.55. The normalized spacial score (nSPS) is 17.9. The van der Waals surface area contributed by atoms with Crippen LogP contribution in [0, 0.1) is 11.6 Å². The first-order valence-electron chi connectivity index (χ1n) is 12.0. The van der Waals surface area contributed by atoms with Gasteiger partial charge in [-0.05, 0) is 49.9 Å². The number of amides is 1.